The molecule has 0 bridgehead atoms. The Labute approximate surface area is 87.5 Å². The van der Waals surface area contributed by atoms with Crippen LogP contribution < -0.4 is 5.56 Å². The quantitative estimate of drug-likeness (QED) is 0.726. The second-order valence-electron chi connectivity index (χ2n) is 3.65. The first-order valence-electron chi connectivity index (χ1n) is 4.99. The largest absolute Gasteiger partial charge is 0.364 e. The Kier molecular flexibility index (Phi) is 2.68. The fourth-order valence-electron chi connectivity index (χ4n) is 1.96. The summed E-state index contributed by atoms with van der Waals surface area (Å²) in [5.74, 6) is 0.126. The number of rotatable bonds is 2. The Morgan fingerprint density at radius 1 is 1.33 bits per heavy atom. The maximum atomic E-state index is 11.6. The number of aromatic nitrogens is 1. The van der Waals surface area contributed by atoms with Crippen molar-refractivity contribution in [3.05, 3.63) is 33.7 Å². The molecule has 1 aromatic heterocycles. The SMILES string of the molecule is COCn1c2c(ccc1=O)C(=O)CCC2. The minimum atomic E-state index is -0.106. The molecule has 2 rings (SSSR count). The van der Waals surface area contributed by atoms with Crippen molar-refractivity contribution in [3.63, 3.8) is 0 Å². The lowest BCUT2D eigenvalue weighted by Crippen LogP contribution is -2.28. The predicted molar refractivity (Wildman–Crippen MR) is 55.0 cm³/mol. The van der Waals surface area contributed by atoms with Crippen molar-refractivity contribution in [2.24, 2.45) is 0 Å². The third kappa shape index (κ3) is 1.72. The highest BCUT2D eigenvalue weighted by Crippen LogP contribution is 2.19. The minimum absolute atomic E-state index is 0.106. The van der Waals surface area contributed by atoms with E-state index >= 15 is 0 Å². The molecule has 4 nitrogen and oxygen atoms in total. The molecule has 1 aliphatic rings. The van der Waals surface area contributed by atoms with Gasteiger partial charge in [-0.1, -0.05) is 0 Å². The number of carbonyl (C=O) groups is 1. The molecular weight excluding hydrogens is 194 g/mol. The van der Waals surface area contributed by atoms with Crippen molar-refractivity contribution in [1.82, 2.24) is 4.57 Å². The number of fused-ring (bicyclic) bond motifs is 1. The number of hydrogen-bond acceptors (Lipinski definition) is 3. The van der Waals surface area contributed by atoms with Gasteiger partial charge in [-0.3, -0.25) is 14.2 Å². The smallest absolute Gasteiger partial charge is 0.252 e. The van der Waals surface area contributed by atoms with Gasteiger partial charge in [0.25, 0.3) is 5.56 Å². The fourth-order valence-corrected chi connectivity index (χ4v) is 1.96. The van der Waals surface area contributed by atoms with Crippen LogP contribution in [0.25, 0.3) is 0 Å². The molecule has 0 atom stereocenters. The Morgan fingerprint density at radius 3 is 2.87 bits per heavy atom. The zero-order valence-electron chi connectivity index (χ0n) is 8.66. The number of ether oxygens (including phenoxy) is 1. The Hall–Kier alpha value is -1.42. The molecule has 4 heteroatoms. The van der Waals surface area contributed by atoms with E-state index in [9.17, 15) is 9.59 Å². The summed E-state index contributed by atoms with van der Waals surface area (Å²) >= 11 is 0. The number of Topliss-reactive ketones (excluding diaryl/α,β-unsaturated/α-hetero) is 1. The van der Waals surface area contributed by atoms with Crippen molar-refractivity contribution >= 4 is 5.78 Å². The topological polar surface area (TPSA) is 48.3 Å². The number of methoxy groups -OCH3 is 1. The first-order valence-corrected chi connectivity index (χ1v) is 4.99. The predicted octanol–water partition coefficient (Wildman–Crippen LogP) is 0.971. The van der Waals surface area contributed by atoms with E-state index in [-0.39, 0.29) is 18.1 Å². The van der Waals surface area contributed by atoms with Crippen molar-refractivity contribution in [2.75, 3.05) is 7.11 Å². The molecule has 0 fully saturated rings. The van der Waals surface area contributed by atoms with Crippen molar-refractivity contribution in [3.8, 4) is 0 Å². The Bertz CT molecular complexity index is 448. The lowest BCUT2D eigenvalue weighted by atomic mass is 9.94. The summed E-state index contributed by atoms with van der Waals surface area (Å²) in [5.41, 5.74) is 1.39. The van der Waals surface area contributed by atoms with Gasteiger partial charge in [0.1, 0.15) is 6.73 Å². The molecule has 15 heavy (non-hydrogen) atoms. The van der Waals surface area contributed by atoms with Crippen LogP contribution in [0.2, 0.25) is 0 Å². The molecule has 0 aromatic carbocycles. The van der Waals surface area contributed by atoms with Gasteiger partial charge < -0.3 is 4.74 Å². The summed E-state index contributed by atoms with van der Waals surface area (Å²) in [6.45, 7) is 0.218. The van der Waals surface area contributed by atoms with Crippen LogP contribution in [0.5, 0.6) is 0 Å². The van der Waals surface area contributed by atoms with E-state index in [1.54, 1.807) is 6.07 Å². The van der Waals surface area contributed by atoms with Gasteiger partial charge >= 0.3 is 0 Å². The fraction of sp³-hybridized carbons (Fsp3) is 0.455. The number of nitrogens with zero attached hydrogens (tertiary/aromatic N) is 1. The van der Waals surface area contributed by atoms with E-state index in [0.717, 1.165) is 18.5 Å². The van der Waals surface area contributed by atoms with Crippen LogP contribution in [0.1, 0.15) is 28.9 Å². The van der Waals surface area contributed by atoms with Gasteiger partial charge in [-0.25, -0.2) is 0 Å². The van der Waals surface area contributed by atoms with Gasteiger partial charge in [-0.2, -0.15) is 0 Å². The highest BCUT2D eigenvalue weighted by atomic mass is 16.5. The third-order valence-corrected chi connectivity index (χ3v) is 2.67. The van der Waals surface area contributed by atoms with E-state index in [1.807, 2.05) is 0 Å². The van der Waals surface area contributed by atoms with Crippen molar-refractivity contribution in [2.45, 2.75) is 26.0 Å². The third-order valence-electron chi connectivity index (χ3n) is 2.67. The average Bonchev–Trinajstić information content (AvgIpc) is 2.23. The van der Waals surface area contributed by atoms with Crippen molar-refractivity contribution in [1.29, 1.82) is 0 Å². The van der Waals surface area contributed by atoms with Crippen LogP contribution in [0.3, 0.4) is 0 Å². The van der Waals surface area contributed by atoms with Gasteiger partial charge in [0.15, 0.2) is 5.78 Å². The summed E-state index contributed by atoms with van der Waals surface area (Å²) in [4.78, 5) is 23.2. The van der Waals surface area contributed by atoms with Gasteiger partial charge in [-0.05, 0) is 18.9 Å². The molecule has 1 aromatic rings. The highest BCUT2D eigenvalue weighted by molar-refractivity contribution is 5.97. The molecule has 1 heterocycles. The van der Waals surface area contributed by atoms with Crippen LogP contribution in [-0.4, -0.2) is 17.5 Å². The van der Waals surface area contributed by atoms with Gasteiger partial charge in [0.05, 0.1) is 0 Å². The van der Waals surface area contributed by atoms with Gasteiger partial charge in [0, 0.05) is 30.9 Å². The molecule has 0 saturated carbocycles. The zero-order valence-corrected chi connectivity index (χ0v) is 8.66. The first-order chi connectivity index (χ1) is 7.24. The molecule has 1 aliphatic carbocycles. The average molecular weight is 207 g/mol. The highest BCUT2D eigenvalue weighted by Gasteiger charge is 2.20. The second kappa shape index (κ2) is 3.98. The lowest BCUT2D eigenvalue weighted by Gasteiger charge is -2.19. The summed E-state index contributed by atoms with van der Waals surface area (Å²) in [6, 6.07) is 3.06. The molecule has 0 amide bonds. The standard InChI is InChI=1S/C11H13NO3/c1-15-7-12-9-3-2-4-10(13)8(9)5-6-11(12)14/h5-6H,2-4,7H2,1H3. The van der Waals surface area contributed by atoms with Crippen LogP contribution in [-0.2, 0) is 17.9 Å². The van der Waals surface area contributed by atoms with Crippen molar-refractivity contribution < 1.29 is 9.53 Å². The maximum Gasteiger partial charge on any atom is 0.252 e. The number of hydrogen-bond donors (Lipinski definition) is 0. The molecule has 80 valence electrons. The number of pyridine rings is 1. The molecule has 0 saturated heterocycles. The second-order valence-corrected chi connectivity index (χ2v) is 3.65. The molecular formula is C11H13NO3. The summed E-state index contributed by atoms with van der Waals surface area (Å²) in [5, 5.41) is 0. The van der Waals surface area contributed by atoms with E-state index in [1.165, 1.54) is 17.7 Å². The van der Waals surface area contributed by atoms with E-state index in [4.69, 9.17) is 4.74 Å². The lowest BCUT2D eigenvalue weighted by molar-refractivity contribution is 0.0961. The van der Waals surface area contributed by atoms with Crippen LogP contribution in [0.15, 0.2) is 16.9 Å². The molecule has 0 radical (unpaired) electrons. The number of carbonyl (C=O) groups excluding carboxylic acids is 1. The van der Waals surface area contributed by atoms with Gasteiger partial charge in [-0.15, -0.1) is 0 Å². The molecule has 0 spiro atoms. The summed E-state index contributed by atoms with van der Waals surface area (Å²) in [7, 11) is 1.54. The Morgan fingerprint density at radius 2 is 2.13 bits per heavy atom. The monoisotopic (exact) mass is 207 g/mol. The van der Waals surface area contributed by atoms with Gasteiger partial charge in [0.2, 0.25) is 0 Å². The maximum absolute atomic E-state index is 11.6. The normalized spacial score (nSPS) is 15.1. The first kappa shape index (κ1) is 10.1. The van der Waals surface area contributed by atoms with E-state index in [0.29, 0.717) is 12.0 Å². The van der Waals surface area contributed by atoms with Crippen LogP contribution in [0.4, 0.5) is 0 Å². The minimum Gasteiger partial charge on any atom is -0.364 e. The number of ketones is 1. The zero-order chi connectivity index (χ0) is 10.8. The molecule has 0 unspecified atom stereocenters. The molecule has 0 N–H and O–H groups in total. The molecule has 0 aliphatic heterocycles. The summed E-state index contributed by atoms with van der Waals surface area (Å²) in [6.07, 6.45) is 2.18. The van der Waals surface area contributed by atoms with E-state index < -0.39 is 0 Å². The van der Waals surface area contributed by atoms with Crippen LogP contribution in [0, 0.1) is 0 Å². The Balaban J connectivity index is 2.58. The van der Waals surface area contributed by atoms with E-state index in [2.05, 4.69) is 0 Å². The summed E-state index contributed by atoms with van der Waals surface area (Å²) < 4.78 is 6.50. The van der Waals surface area contributed by atoms with Crippen LogP contribution >= 0.6 is 0 Å².